The van der Waals surface area contributed by atoms with Gasteiger partial charge >= 0.3 is 12.0 Å². The number of nitrogens with one attached hydrogen (secondary N) is 1. The Labute approximate surface area is 121 Å². The molecule has 1 saturated carbocycles. The van der Waals surface area contributed by atoms with E-state index in [1.165, 1.54) is 0 Å². The van der Waals surface area contributed by atoms with E-state index in [0.717, 1.165) is 45.1 Å². The number of carbonyl (C=O) groups excluding carboxylic acids is 1. The summed E-state index contributed by atoms with van der Waals surface area (Å²) < 4.78 is 0. The second-order valence-corrected chi connectivity index (χ2v) is 6.07. The van der Waals surface area contributed by atoms with Crippen molar-refractivity contribution >= 4 is 12.0 Å². The fraction of sp³-hybridized carbons (Fsp3) is 0.867. The number of rotatable bonds is 10. The smallest absolute Gasteiger partial charge is 0.317 e. The molecule has 0 aliphatic heterocycles. The lowest BCUT2D eigenvalue weighted by atomic mass is 10.1. The summed E-state index contributed by atoms with van der Waals surface area (Å²) in [4.78, 5) is 24.4. The van der Waals surface area contributed by atoms with E-state index in [2.05, 4.69) is 19.2 Å². The molecule has 0 saturated heterocycles. The van der Waals surface area contributed by atoms with Crippen molar-refractivity contribution in [3.8, 4) is 0 Å². The molecule has 1 fully saturated rings. The molecule has 0 radical (unpaired) electrons. The van der Waals surface area contributed by atoms with Gasteiger partial charge in [-0.1, -0.05) is 26.7 Å². The number of amides is 2. The molecular formula is C15H28N2O3. The number of hydrogen-bond acceptors (Lipinski definition) is 2. The van der Waals surface area contributed by atoms with Gasteiger partial charge in [0, 0.05) is 25.6 Å². The number of carboxylic acids is 1. The molecule has 0 spiro atoms. The predicted molar refractivity (Wildman–Crippen MR) is 78.7 cm³/mol. The minimum atomic E-state index is -0.730. The molecule has 2 amide bonds. The number of nitrogens with zero attached hydrogens (tertiary/aromatic N) is 1. The van der Waals surface area contributed by atoms with Gasteiger partial charge in [0.25, 0.3) is 0 Å². The highest BCUT2D eigenvalue weighted by Gasteiger charge is 2.32. The lowest BCUT2D eigenvalue weighted by molar-refractivity contribution is -0.137. The average molecular weight is 284 g/mol. The zero-order valence-electron chi connectivity index (χ0n) is 12.7. The molecule has 0 heterocycles. The summed E-state index contributed by atoms with van der Waals surface area (Å²) in [5.74, 6) is -0.232. The van der Waals surface area contributed by atoms with E-state index < -0.39 is 5.97 Å². The first-order valence-electron chi connectivity index (χ1n) is 7.77. The molecule has 20 heavy (non-hydrogen) atoms. The highest BCUT2D eigenvalue weighted by atomic mass is 16.4. The molecule has 1 aliphatic carbocycles. The number of hydrogen-bond donors (Lipinski definition) is 2. The minimum absolute atomic E-state index is 0.0618. The van der Waals surface area contributed by atoms with E-state index in [1.54, 1.807) is 0 Å². The van der Waals surface area contributed by atoms with Crippen molar-refractivity contribution in [2.45, 2.75) is 64.8 Å². The van der Waals surface area contributed by atoms with Crippen molar-refractivity contribution in [1.29, 1.82) is 0 Å². The highest BCUT2D eigenvalue weighted by Crippen LogP contribution is 2.27. The van der Waals surface area contributed by atoms with Crippen molar-refractivity contribution in [2.75, 3.05) is 13.1 Å². The van der Waals surface area contributed by atoms with Crippen LogP contribution in [0.15, 0.2) is 0 Å². The van der Waals surface area contributed by atoms with Gasteiger partial charge in [0.15, 0.2) is 0 Å². The zero-order chi connectivity index (χ0) is 15.0. The maximum atomic E-state index is 12.1. The molecule has 5 nitrogen and oxygen atoms in total. The van der Waals surface area contributed by atoms with Gasteiger partial charge in [0.2, 0.25) is 0 Å². The summed E-state index contributed by atoms with van der Waals surface area (Å²) in [5.41, 5.74) is 0. The summed E-state index contributed by atoms with van der Waals surface area (Å²) >= 11 is 0. The number of carboxylic acid groups (broad SMARTS) is 1. The number of urea groups is 1. The average Bonchev–Trinajstić information content (AvgIpc) is 3.18. The van der Waals surface area contributed by atoms with Crippen molar-refractivity contribution in [3.63, 3.8) is 0 Å². The fourth-order valence-electron chi connectivity index (χ4n) is 2.23. The van der Waals surface area contributed by atoms with Gasteiger partial charge in [-0.15, -0.1) is 0 Å². The van der Waals surface area contributed by atoms with Crippen molar-refractivity contribution in [3.05, 3.63) is 0 Å². The van der Waals surface area contributed by atoms with Gasteiger partial charge < -0.3 is 15.3 Å². The van der Waals surface area contributed by atoms with Gasteiger partial charge in [0.05, 0.1) is 0 Å². The van der Waals surface area contributed by atoms with Crippen LogP contribution in [0.2, 0.25) is 0 Å². The summed E-state index contributed by atoms with van der Waals surface area (Å²) in [6.07, 6.45) is 6.05. The second kappa shape index (κ2) is 8.82. The third-order valence-electron chi connectivity index (χ3n) is 3.40. The molecule has 0 bridgehead atoms. The van der Waals surface area contributed by atoms with E-state index in [9.17, 15) is 9.59 Å². The van der Waals surface area contributed by atoms with Crippen LogP contribution in [0.5, 0.6) is 0 Å². The van der Waals surface area contributed by atoms with Crippen LogP contribution in [-0.2, 0) is 4.79 Å². The van der Waals surface area contributed by atoms with E-state index in [0.29, 0.717) is 18.5 Å². The van der Waals surface area contributed by atoms with Crippen molar-refractivity contribution in [1.82, 2.24) is 10.2 Å². The third-order valence-corrected chi connectivity index (χ3v) is 3.40. The van der Waals surface area contributed by atoms with Gasteiger partial charge in [-0.2, -0.15) is 0 Å². The van der Waals surface area contributed by atoms with Crippen LogP contribution in [0.4, 0.5) is 4.79 Å². The van der Waals surface area contributed by atoms with Crippen LogP contribution < -0.4 is 5.32 Å². The summed E-state index contributed by atoms with van der Waals surface area (Å²) in [6.45, 7) is 5.78. The molecule has 0 atom stereocenters. The molecule has 0 aromatic heterocycles. The quantitative estimate of drug-likeness (QED) is 0.606. The maximum absolute atomic E-state index is 12.1. The topological polar surface area (TPSA) is 69.6 Å². The van der Waals surface area contributed by atoms with Crippen LogP contribution >= 0.6 is 0 Å². The first-order chi connectivity index (χ1) is 9.50. The lowest BCUT2D eigenvalue weighted by Crippen LogP contribution is -2.43. The van der Waals surface area contributed by atoms with Gasteiger partial charge in [-0.25, -0.2) is 4.79 Å². The number of carbonyl (C=O) groups is 2. The zero-order valence-corrected chi connectivity index (χ0v) is 12.7. The molecule has 2 N–H and O–H groups in total. The van der Waals surface area contributed by atoms with E-state index in [4.69, 9.17) is 5.11 Å². The number of aliphatic carboxylic acids is 1. The second-order valence-electron chi connectivity index (χ2n) is 6.07. The van der Waals surface area contributed by atoms with E-state index in [-0.39, 0.29) is 12.5 Å². The monoisotopic (exact) mass is 284 g/mol. The van der Waals surface area contributed by atoms with E-state index >= 15 is 0 Å². The van der Waals surface area contributed by atoms with Crippen LogP contribution in [0.3, 0.4) is 0 Å². The Kier molecular flexibility index (Phi) is 7.41. The molecule has 1 rings (SSSR count). The Bertz CT molecular complexity index is 314. The standard InChI is InChI=1S/C15H28N2O3/c1-12(2)11-17(13-8-9-13)15(20)16-10-6-4-3-5-7-14(18)19/h12-13H,3-11H2,1-2H3,(H,16,20)(H,18,19). The molecule has 0 unspecified atom stereocenters. The first kappa shape index (κ1) is 16.8. The molecule has 116 valence electrons. The Hall–Kier alpha value is -1.26. The molecule has 0 aromatic rings. The minimum Gasteiger partial charge on any atom is -0.481 e. The lowest BCUT2D eigenvalue weighted by Gasteiger charge is -2.24. The Morgan fingerprint density at radius 1 is 1.20 bits per heavy atom. The molecule has 1 aliphatic rings. The van der Waals surface area contributed by atoms with Crippen LogP contribution in [0, 0.1) is 5.92 Å². The van der Waals surface area contributed by atoms with Crippen molar-refractivity contribution < 1.29 is 14.7 Å². The fourth-order valence-corrected chi connectivity index (χ4v) is 2.23. The third kappa shape index (κ3) is 7.36. The van der Waals surface area contributed by atoms with Gasteiger partial charge in [-0.05, 0) is 31.6 Å². The summed E-state index contributed by atoms with van der Waals surface area (Å²) in [7, 11) is 0. The first-order valence-corrected chi connectivity index (χ1v) is 7.77. The molecule has 5 heteroatoms. The summed E-state index contributed by atoms with van der Waals surface area (Å²) in [5, 5.41) is 11.5. The normalized spacial score (nSPS) is 14.3. The number of unbranched alkanes of at least 4 members (excludes halogenated alkanes) is 3. The Balaban J connectivity index is 2.07. The van der Waals surface area contributed by atoms with Crippen LogP contribution in [-0.4, -0.2) is 41.1 Å². The Morgan fingerprint density at radius 2 is 1.85 bits per heavy atom. The van der Waals surface area contributed by atoms with E-state index in [1.807, 2.05) is 4.90 Å². The Morgan fingerprint density at radius 3 is 2.40 bits per heavy atom. The summed E-state index contributed by atoms with van der Waals surface area (Å²) in [6, 6.07) is 0.514. The largest absolute Gasteiger partial charge is 0.481 e. The highest BCUT2D eigenvalue weighted by molar-refractivity contribution is 5.74. The van der Waals surface area contributed by atoms with Crippen LogP contribution in [0.1, 0.15) is 58.8 Å². The van der Waals surface area contributed by atoms with Gasteiger partial charge in [0.1, 0.15) is 0 Å². The van der Waals surface area contributed by atoms with Gasteiger partial charge in [-0.3, -0.25) is 4.79 Å². The molecular weight excluding hydrogens is 256 g/mol. The predicted octanol–water partition coefficient (Wildman–Crippen LogP) is 2.85. The molecule has 0 aromatic carbocycles. The SMILES string of the molecule is CC(C)CN(C(=O)NCCCCCCC(=O)O)C1CC1. The maximum Gasteiger partial charge on any atom is 0.317 e. The van der Waals surface area contributed by atoms with Crippen LogP contribution in [0.25, 0.3) is 0 Å². The van der Waals surface area contributed by atoms with Crippen molar-refractivity contribution in [2.24, 2.45) is 5.92 Å².